The van der Waals surface area contributed by atoms with E-state index in [0.29, 0.717) is 11.4 Å². The summed E-state index contributed by atoms with van der Waals surface area (Å²) >= 11 is 0. The largest absolute Gasteiger partial charge is 0.424 e. The number of ether oxygens (including phenoxy) is 1. The molecule has 0 spiro atoms. The molecule has 25 heavy (non-hydrogen) atoms. The van der Waals surface area contributed by atoms with Crippen LogP contribution in [0.25, 0.3) is 6.08 Å². The second kappa shape index (κ2) is 7.83. The van der Waals surface area contributed by atoms with Crippen LogP contribution in [-0.2, 0) is 4.79 Å². The van der Waals surface area contributed by atoms with Crippen LogP contribution in [0.2, 0.25) is 0 Å². The van der Waals surface area contributed by atoms with Gasteiger partial charge in [-0.3, -0.25) is 4.79 Å². The summed E-state index contributed by atoms with van der Waals surface area (Å²) in [5, 5.41) is 2.73. The molecule has 1 amide bonds. The summed E-state index contributed by atoms with van der Waals surface area (Å²) in [6.45, 7) is 0. The van der Waals surface area contributed by atoms with Crippen LogP contribution in [0, 0.1) is 5.82 Å². The number of nitrogens with zero attached hydrogens (tertiary/aromatic N) is 2. The van der Waals surface area contributed by atoms with Crippen molar-refractivity contribution in [2.24, 2.45) is 0 Å². The third-order valence-corrected chi connectivity index (χ3v) is 3.17. The Labute approximate surface area is 143 Å². The standard InChI is InChI=1S/C19H14FN3O2/c20-15-5-2-14(3-6-15)4-11-18(24)23-16-7-9-17(10-8-16)25-19-21-12-1-13-22-19/h1-13H,(H,23,24)/b11-4-. The highest BCUT2D eigenvalue weighted by Gasteiger charge is 2.01. The molecular formula is C19H14FN3O2. The normalized spacial score (nSPS) is 10.6. The highest BCUT2D eigenvalue weighted by atomic mass is 19.1. The first-order chi connectivity index (χ1) is 12.2. The molecule has 3 aromatic rings. The van der Waals surface area contributed by atoms with Gasteiger partial charge in [-0.05, 0) is 54.1 Å². The number of halogens is 1. The number of hydrogen-bond donors (Lipinski definition) is 1. The number of rotatable bonds is 5. The Kier molecular flexibility index (Phi) is 5.11. The fourth-order valence-electron chi connectivity index (χ4n) is 1.98. The quantitative estimate of drug-likeness (QED) is 0.714. The van der Waals surface area contributed by atoms with Crippen LogP contribution >= 0.6 is 0 Å². The van der Waals surface area contributed by atoms with Gasteiger partial charge >= 0.3 is 6.01 Å². The Balaban J connectivity index is 1.57. The molecule has 0 bridgehead atoms. The number of aromatic nitrogens is 2. The zero-order valence-electron chi connectivity index (χ0n) is 13.1. The van der Waals surface area contributed by atoms with Crippen molar-refractivity contribution in [1.82, 2.24) is 9.97 Å². The second-order valence-corrected chi connectivity index (χ2v) is 5.03. The lowest BCUT2D eigenvalue weighted by molar-refractivity contribution is -0.111. The van der Waals surface area contributed by atoms with E-state index in [0.717, 1.165) is 5.56 Å². The average Bonchev–Trinajstić information content (AvgIpc) is 2.64. The molecule has 0 radical (unpaired) electrons. The fraction of sp³-hybridized carbons (Fsp3) is 0. The molecule has 2 aromatic carbocycles. The van der Waals surface area contributed by atoms with E-state index in [2.05, 4.69) is 15.3 Å². The van der Waals surface area contributed by atoms with Gasteiger partial charge in [0.25, 0.3) is 0 Å². The van der Waals surface area contributed by atoms with Crippen LogP contribution < -0.4 is 10.1 Å². The predicted molar refractivity (Wildman–Crippen MR) is 92.6 cm³/mol. The zero-order valence-corrected chi connectivity index (χ0v) is 13.1. The molecule has 0 aliphatic carbocycles. The Bertz CT molecular complexity index is 863. The van der Waals surface area contributed by atoms with E-state index in [9.17, 15) is 9.18 Å². The molecule has 5 nitrogen and oxygen atoms in total. The van der Waals surface area contributed by atoms with Crippen LogP contribution in [0.4, 0.5) is 10.1 Å². The van der Waals surface area contributed by atoms with Crippen molar-refractivity contribution < 1.29 is 13.9 Å². The first-order valence-corrected chi connectivity index (χ1v) is 7.49. The molecule has 1 aromatic heterocycles. The number of anilines is 1. The van der Waals surface area contributed by atoms with E-state index in [-0.39, 0.29) is 17.7 Å². The van der Waals surface area contributed by atoms with E-state index in [1.54, 1.807) is 60.9 Å². The minimum Gasteiger partial charge on any atom is -0.424 e. The van der Waals surface area contributed by atoms with Crippen LogP contribution in [0.1, 0.15) is 5.56 Å². The van der Waals surface area contributed by atoms with E-state index in [1.165, 1.54) is 18.2 Å². The van der Waals surface area contributed by atoms with Crippen molar-refractivity contribution in [3.63, 3.8) is 0 Å². The summed E-state index contributed by atoms with van der Waals surface area (Å²) in [5.41, 5.74) is 1.36. The maximum atomic E-state index is 12.8. The Morgan fingerprint density at radius 2 is 1.68 bits per heavy atom. The SMILES string of the molecule is O=C(/C=C\c1ccc(F)cc1)Nc1ccc(Oc2ncccn2)cc1. The molecule has 0 aliphatic heterocycles. The molecule has 6 heteroatoms. The van der Waals surface area contributed by atoms with Gasteiger partial charge in [0.2, 0.25) is 5.91 Å². The zero-order chi connectivity index (χ0) is 17.5. The summed E-state index contributed by atoms with van der Waals surface area (Å²) in [6, 6.07) is 14.6. The molecule has 0 unspecified atom stereocenters. The van der Waals surface area contributed by atoms with Gasteiger partial charge < -0.3 is 10.1 Å². The molecular weight excluding hydrogens is 321 g/mol. The van der Waals surface area contributed by atoms with Crippen molar-refractivity contribution >= 4 is 17.7 Å². The van der Waals surface area contributed by atoms with Gasteiger partial charge in [0, 0.05) is 24.2 Å². The molecule has 1 N–H and O–H groups in total. The highest BCUT2D eigenvalue weighted by Crippen LogP contribution is 2.19. The van der Waals surface area contributed by atoms with Crippen molar-refractivity contribution in [2.45, 2.75) is 0 Å². The third-order valence-electron chi connectivity index (χ3n) is 3.17. The number of carbonyl (C=O) groups excluding carboxylic acids is 1. The lowest BCUT2D eigenvalue weighted by atomic mass is 10.2. The van der Waals surface area contributed by atoms with Crippen molar-refractivity contribution in [3.05, 3.63) is 84.4 Å². The second-order valence-electron chi connectivity index (χ2n) is 5.03. The number of carbonyl (C=O) groups is 1. The van der Waals surface area contributed by atoms with Gasteiger partial charge in [0.15, 0.2) is 0 Å². The summed E-state index contributed by atoms with van der Waals surface area (Å²) in [4.78, 5) is 19.8. The first kappa shape index (κ1) is 16.3. The molecule has 0 aliphatic rings. The third kappa shape index (κ3) is 4.97. The fourth-order valence-corrected chi connectivity index (χ4v) is 1.98. The van der Waals surface area contributed by atoms with Gasteiger partial charge in [-0.2, -0.15) is 0 Å². The minimum atomic E-state index is -0.315. The minimum absolute atomic E-state index is 0.251. The Morgan fingerprint density at radius 1 is 1.00 bits per heavy atom. The summed E-state index contributed by atoms with van der Waals surface area (Å²) < 4.78 is 18.3. The topological polar surface area (TPSA) is 64.1 Å². The van der Waals surface area contributed by atoms with E-state index < -0.39 is 0 Å². The van der Waals surface area contributed by atoms with E-state index >= 15 is 0 Å². The van der Waals surface area contributed by atoms with Gasteiger partial charge in [-0.1, -0.05) is 12.1 Å². The predicted octanol–water partition coefficient (Wildman–Crippen LogP) is 4.06. The molecule has 124 valence electrons. The summed E-state index contributed by atoms with van der Waals surface area (Å²) in [7, 11) is 0. The van der Waals surface area contributed by atoms with E-state index in [4.69, 9.17) is 4.74 Å². The van der Waals surface area contributed by atoms with Crippen LogP contribution in [0.3, 0.4) is 0 Å². The summed E-state index contributed by atoms with van der Waals surface area (Å²) in [6.07, 6.45) is 6.17. The van der Waals surface area contributed by atoms with Crippen molar-refractivity contribution in [2.75, 3.05) is 5.32 Å². The lowest BCUT2D eigenvalue weighted by Gasteiger charge is -2.05. The molecule has 0 saturated heterocycles. The molecule has 0 fully saturated rings. The highest BCUT2D eigenvalue weighted by molar-refractivity contribution is 6.01. The van der Waals surface area contributed by atoms with Crippen LogP contribution in [-0.4, -0.2) is 15.9 Å². The van der Waals surface area contributed by atoms with Gasteiger partial charge in [0.05, 0.1) is 0 Å². The molecule has 1 heterocycles. The maximum Gasteiger partial charge on any atom is 0.321 e. The van der Waals surface area contributed by atoms with Crippen LogP contribution in [0.15, 0.2) is 73.1 Å². The lowest BCUT2D eigenvalue weighted by Crippen LogP contribution is -2.07. The van der Waals surface area contributed by atoms with Gasteiger partial charge in [-0.25, -0.2) is 14.4 Å². The average molecular weight is 335 g/mol. The molecule has 0 atom stereocenters. The monoisotopic (exact) mass is 335 g/mol. The smallest absolute Gasteiger partial charge is 0.321 e. The number of amides is 1. The number of hydrogen-bond acceptors (Lipinski definition) is 4. The summed E-state index contributed by atoms with van der Waals surface area (Å²) in [5.74, 6) is -0.0414. The van der Waals surface area contributed by atoms with Gasteiger partial charge in [-0.15, -0.1) is 0 Å². The Hall–Kier alpha value is -3.54. The molecule has 0 saturated carbocycles. The number of nitrogens with one attached hydrogen (secondary N) is 1. The van der Waals surface area contributed by atoms with Crippen molar-refractivity contribution in [1.29, 1.82) is 0 Å². The molecule has 3 rings (SSSR count). The van der Waals surface area contributed by atoms with Gasteiger partial charge in [0.1, 0.15) is 11.6 Å². The Morgan fingerprint density at radius 3 is 2.36 bits per heavy atom. The first-order valence-electron chi connectivity index (χ1n) is 7.49. The van der Waals surface area contributed by atoms with Crippen molar-refractivity contribution in [3.8, 4) is 11.8 Å². The maximum absolute atomic E-state index is 12.8. The number of benzene rings is 2. The van der Waals surface area contributed by atoms with E-state index in [1.807, 2.05) is 0 Å². The van der Waals surface area contributed by atoms with Crippen LogP contribution in [0.5, 0.6) is 11.8 Å².